The van der Waals surface area contributed by atoms with E-state index in [9.17, 15) is 4.79 Å². The van der Waals surface area contributed by atoms with Crippen molar-refractivity contribution in [3.05, 3.63) is 17.5 Å². The van der Waals surface area contributed by atoms with Crippen molar-refractivity contribution in [3.63, 3.8) is 0 Å². The highest BCUT2D eigenvalue weighted by Crippen LogP contribution is 2.16. The molecule has 1 heterocycles. The van der Waals surface area contributed by atoms with E-state index in [-0.39, 0.29) is 0 Å². The third kappa shape index (κ3) is 1.55. The lowest BCUT2D eigenvalue weighted by Crippen LogP contribution is -1.97. The maximum Gasteiger partial charge on any atom is 0.168 e. The van der Waals surface area contributed by atoms with Gasteiger partial charge in [-0.1, -0.05) is 13.8 Å². The van der Waals surface area contributed by atoms with E-state index in [4.69, 9.17) is 0 Å². The second-order valence-corrected chi connectivity index (χ2v) is 3.04. The van der Waals surface area contributed by atoms with E-state index in [0.29, 0.717) is 11.6 Å². The summed E-state index contributed by atoms with van der Waals surface area (Å²) in [7, 11) is 1.79. The SMILES string of the molecule is CCC(C)c1cc(C=O)n(C)n1. The van der Waals surface area contributed by atoms with Crippen molar-refractivity contribution < 1.29 is 4.79 Å². The Bertz CT molecular complexity index is 278. The summed E-state index contributed by atoms with van der Waals surface area (Å²) < 4.78 is 1.62. The van der Waals surface area contributed by atoms with Crippen LogP contribution in [0.2, 0.25) is 0 Å². The molecule has 0 saturated heterocycles. The minimum absolute atomic E-state index is 0.435. The summed E-state index contributed by atoms with van der Waals surface area (Å²) in [5, 5.41) is 4.24. The molecule has 3 heteroatoms. The van der Waals surface area contributed by atoms with Gasteiger partial charge >= 0.3 is 0 Å². The molecule has 0 aliphatic heterocycles. The molecule has 0 aliphatic carbocycles. The largest absolute Gasteiger partial charge is 0.296 e. The van der Waals surface area contributed by atoms with Crippen LogP contribution in [0.4, 0.5) is 0 Å². The van der Waals surface area contributed by atoms with E-state index in [2.05, 4.69) is 18.9 Å². The molecule has 0 bridgehead atoms. The molecule has 0 amide bonds. The van der Waals surface area contributed by atoms with Crippen molar-refractivity contribution in [2.75, 3.05) is 0 Å². The lowest BCUT2D eigenvalue weighted by Gasteiger charge is -2.01. The van der Waals surface area contributed by atoms with E-state index >= 15 is 0 Å². The predicted octanol–water partition coefficient (Wildman–Crippen LogP) is 1.75. The van der Waals surface area contributed by atoms with Gasteiger partial charge in [0.2, 0.25) is 0 Å². The molecule has 0 saturated carbocycles. The molecule has 0 aromatic carbocycles. The molecule has 1 rings (SSSR count). The van der Waals surface area contributed by atoms with Crippen LogP contribution >= 0.6 is 0 Å². The minimum Gasteiger partial charge on any atom is -0.296 e. The fourth-order valence-corrected chi connectivity index (χ4v) is 1.06. The fourth-order valence-electron chi connectivity index (χ4n) is 1.06. The summed E-state index contributed by atoms with van der Waals surface area (Å²) in [6.45, 7) is 4.22. The highest BCUT2D eigenvalue weighted by Gasteiger charge is 2.09. The molecule has 1 aromatic rings. The Morgan fingerprint density at radius 1 is 1.75 bits per heavy atom. The zero-order valence-electron chi connectivity index (χ0n) is 7.74. The highest BCUT2D eigenvalue weighted by molar-refractivity contribution is 5.72. The number of hydrogen-bond donors (Lipinski definition) is 0. The number of nitrogens with zero attached hydrogens (tertiary/aromatic N) is 2. The maximum absolute atomic E-state index is 10.5. The first-order valence-electron chi connectivity index (χ1n) is 4.18. The summed E-state index contributed by atoms with van der Waals surface area (Å²) in [6, 6.07) is 1.85. The molecule has 3 nitrogen and oxygen atoms in total. The standard InChI is InChI=1S/C9H14N2O/c1-4-7(2)9-5-8(6-12)11(3)10-9/h5-7H,4H2,1-3H3. The first-order valence-corrected chi connectivity index (χ1v) is 4.18. The quantitative estimate of drug-likeness (QED) is 0.641. The van der Waals surface area contributed by atoms with Crippen LogP contribution in [0.1, 0.15) is 42.4 Å². The van der Waals surface area contributed by atoms with Crippen LogP contribution in [0.3, 0.4) is 0 Å². The van der Waals surface area contributed by atoms with Crippen LogP contribution in [0, 0.1) is 0 Å². The fraction of sp³-hybridized carbons (Fsp3) is 0.556. The van der Waals surface area contributed by atoms with Gasteiger partial charge in [0, 0.05) is 7.05 Å². The first-order chi connectivity index (χ1) is 5.69. The second-order valence-electron chi connectivity index (χ2n) is 3.04. The average molecular weight is 166 g/mol. The molecule has 12 heavy (non-hydrogen) atoms. The molecular weight excluding hydrogens is 152 g/mol. The third-order valence-electron chi connectivity index (χ3n) is 2.17. The second kappa shape index (κ2) is 3.52. The van der Waals surface area contributed by atoms with E-state index in [1.807, 2.05) is 6.07 Å². The van der Waals surface area contributed by atoms with Gasteiger partial charge in [-0.3, -0.25) is 9.48 Å². The average Bonchev–Trinajstić information content (AvgIpc) is 2.45. The number of hydrogen-bond acceptors (Lipinski definition) is 2. The lowest BCUT2D eigenvalue weighted by atomic mass is 10.1. The van der Waals surface area contributed by atoms with Gasteiger partial charge in [-0.2, -0.15) is 5.10 Å². The molecule has 1 unspecified atom stereocenters. The van der Waals surface area contributed by atoms with Gasteiger partial charge in [0.05, 0.1) is 5.69 Å². The summed E-state index contributed by atoms with van der Waals surface area (Å²) in [6.07, 6.45) is 1.88. The van der Waals surface area contributed by atoms with E-state index in [1.54, 1.807) is 11.7 Å². The Morgan fingerprint density at radius 3 is 2.83 bits per heavy atom. The van der Waals surface area contributed by atoms with Gasteiger partial charge in [0.1, 0.15) is 5.69 Å². The van der Waals surface area contributed by atoms with Crippen molar-refractivity contribution in [2.45, 2.75) is 26.2 Å². The van der Waals surface area contributed by atoms with E-state index in [1.165, 1.54) is 0 Å². The Kier molecular flexibility index (Phi) is 2.63. The third-order valence-corrected chi connectivity index (χ3v) is 2.17. The Morgan fingerprint density at radius 2 is 2.42 bits per heavy atom. The first kappa shape index (κ1) is 8.97. The number of carbonyl (C=O) groups excluding carboxylic acids is 1. The molecule has 1 atom stereocenters. The van der Waals surface area contributed by atoms with Gasteiger partial charge in [0.15, 0.2) is 6.29 Å². The number of rotatable bonds is 3. The maximum atomic E-state index is 10.5. The van der Waals surface area contributed by atoms with Crippen molar-refractivity contribution in [3.8, 4) is 0 Å². The lowest BCUT2D eigenvalue weighted by molar-refractivity contribution is 0.111. The molecule has 0 N–H and O–H groups in total. The van der Waals surface area contributed by atoms with Gasteiger partial charge in [-0.25, -0.2) is 0 Å². The van der Waals surface area contributed by atoms with Crippen molar-refractivity contribution >= 4 is 6.29 Å². The molecule has 0 aliphatic rings. The summed E-state index contributed by atoms with van der Waals surface area (Å²) in [5.41, 5.74) is 1.65. The van der Waals surface area contributed by atoms with Crippen LogP contribution in [-0.2, 0) is 7.05 Å². The van der Waals surface area contributed by atoms with Gasteiger partial charge in [-0.05, 0) is 18.4 Å². The Balaban J connectivity index is 2.96. The highest BCUT2D eigenvalue weighted by atomic mass is 16.1. The monoisotopic (exact) mass is 166 g/mol. The Hall–Kier alpha value is -1.12. The van der Waals surface area contributed by atoms with Crippen LogP contribution in [0.15, 0.2) is 6.07 Å². The molecule has 66 valence electrons. The van der Waals surface area contributed by atoms with Crippen LogP contribution < -0.4 is 0 Å². The van der Waals surface area contributed by atoms with Gasteiger partial charge in [-0.15, -0.1) is 0 Å². The van der Waals surface area contributed by atoms with Gasteiger partial charge < -0.3 is 0 Å². The smallest absolute Gasteiger partial charge is 0.168 e. The number of carbonyl (C=O) groups is 1. The number of aromatic nitrogens is 2. The van der Waals surface area contributed by atoms with Crippen molar-refractivity contribution in [1.29, 1.82) is 0 Å². The van der Waals surface area contributed by atoms with E-state index < -0.39 is 0 Å². The van der Waals surface area contributed by atoms with Gasteiger partial charge in [0.25, 0.3) is 0 Å². The molecular formula is C9H14N2O. The van der Waals surface area contributed by atoms with Crippen LogP contribution in [0.25, 0.3) is 0 Å². The van der Waals surface area contributed by atoms with E-state index in [0.717, 1.165) is 18.4 Å². The minimum atomic E-state index is 0.435. The zero-order chi connectivity index (χ0) is 9.14. The normalized spacial score (nSPS) is 12.9. The summed E-state index contributed by atoms with van der Waals surface area (Å²) >= 11 is 0. The molecule has 0 radical (unpaired) electrons. The predicted molar refractivity (Wildman–Crippen MR) is 47.3 cm³/mol. The topological polar surface area (TPSA) is 34.9 Å². The van der Waals surface area contributed by atoms with Crippen molar-refractivity contribution in [2.24, 2.45) is 7.05 Å². The number of aldehydes is 1. The van der Waals surface area contributed by atoms with Crippen molar-refractivity contribution in [1.82, 2.24) is 9.78 Å². The Labute approximate surface area is 72.4 Å². The number of aryl methyl sites for hydroxylation is 1. The summed E-state index contributed by atoms with van der Waals surface area (Å²) in [4.78, 5) is 10.5. The molecule has 1 aromatic heterocycles. The zero-order valence-corrected chi connectivity index (χ0v) is 7.74. The summed E-state index contributed by atoms with van der Waals surface area (Å²) in [5.74, 6) is 0.435. The van der Waals surface area contributed by atoms with Crippen LogP contribution in [-0.4, -0.2) is 16.1 Å². The molecule has 0 fully saturated rings. The molecule has 0 spiro atoms. The van der Waals surface area contributed by atoms with Crippen LogP contribution in [0.5, 0.6) is 0 Å².